The minimum Gasteiger partial charge on any atom is -0.508 e. The van der Waals surface area contributed by atoms with Gasteiger partial charge in [0.1, 0.15) is 11.8 Å². The minimum absolute atomic E-state index is 0.000370. The van der Waals surface area contributed by atoms with E-state index >= 15 is 0 Å². The van der Waals surface area contributed by atoms with E-state index in [2.05, 4.69) is 4.74 Å². The first kappa shape index (κ1) is 9.54. The molecule has 0 radical (unpaired) electrons. The van der Waals surface area contributed by atoms with Gasteiger partial charge in [-0.15, -0.1) is 0 Å². The number of phenols is 1. The van der Waals surface area contributed by atoms with Crippen molar-refractivity contribution in [2.45, 2.75) is 6.04 Å². The van der Waals surface area contributed by atoms with Crippen LogP contribution in [0.4, 0.5) is 0 Å². The predicted molar refractivity (Wildman–Crippen MR) is 47.1 cm³/mol. The van der Waals surface area contributed by atoms with Crippen molar-refractivity contribution in [2.75, 3.05) is 7.11 Å². The molecule has 1 aromatic carbocycles. The summed E-state index contributed by atoms with van der Waals surface area (Å²) in [7, 11) is 1.25. The summed E-state index contributed by atoms with van der Waals surface area (Å²) in [6.07, 6.45) is 0. The first-order valence-electron chi connectivity index (χ1n) is 3.78. The summed E-state index contributed by atoms with van der Waals surface area (Å²) < 4.78 is 4.45. The van der Waals surface area contributed by atoms with Gasteiger partial charge in [-0.05, 0) is 6.07 Å². The highest BCUT2D eigenvalue weighted by Crippen LogP contribution is 2.22. The van der Waals surface area contributed by atoms with Gasteiger partial charge in [-0.1, -0.05) is 18.2 Å². The Bertz CT molecular complexity index is 311. The lowest BCUT2D eigenvalue weighted by atomic mass is 10.1. The number of para-hydroxylation sites is 1. The topological polar surface area (TPSA) is 72.5 Å². The number of hydrogen-bond donors (Lipinski definition) is 2. The summed E-state index contributed by atoms with van der Waals surface area (Å²) >= 11 is 0. The third-order valence-corrected chi connectivity index (χ3v) is 1.73. The van der Waals surface area contributed by atoms with Crippen LogP contribution in [0, 0.1) is 0 Å². The Morgan fingerprint density at radius 1 is 1.54 bits per heavy atom. The number of nitrogens with two attached hydrogens (primary N) is 1. The molecule has 0 saturated carbocycles. The largest absolute Gasteiger partial charge is 0.508 e. The molecule has 0 aliphatic heterocycles. The van der Waals surface area contributed by atoms with E-state index in [1.54, 1.807) is 18.2 Å². The SMILES string of the molecule is COC(=O)C(N)c1ccccc1O. The van der Waals surface area contributed by atoms with Crippen LogP contribution in [0.2, 0.25) is 0 Å². The van der Waals surface area contributed by atoms with E-state index in [9.17, 15) is 9.90 Å². The van der Waals surface area contributed by atoms with Crippen LogP contribution in [-0.2, 0) is 9.53 Å². The maximum atomic E-state index is 11.0. The van der Waals surface area contributed by atoms with Gasteiger partial charge in [0.15, 0.2) is 0 Å². The van der Waals surface area contributed by atoms with E-state index in [0.717, 1.165) is 0 Å². The van der Waals surface area contributed by atoms with Gasteiger partial charge in [0.05, 0.1) is 7.11 Å². The molecule has 0 aliphatic rings. The molecule has 1 unspecified atom stereocenters. The fourth-order valence-electron chi connectivity index (χ4n) is 1.00. The molecule has 1 atom stereocenters. The van der Waals surface area contributed by atoms with Crippen molar-refractivity contribution in [1.29, 1.82) is 0 Å². The zero-order valence-corrected chi connectivity index (χ0v) is 7.23. The van der Waals surface area contributed by atoms with E-state index in [1.807, 2.05) is 0 Å². The monoisotopic (exact) mass is 181 g/mol. The lowest BCUT2D eigenvalue weighted by Gasteiger charge is -2.10. The molecule has 70 valence electrons. The molecular formula is C9H11NO3. The van der Waals surface area contributed by atoms with Crippen molar-refractivity contribution in [2.24, 2.45) is 5.73 Å². The van der Waals surface area contributed by atoms with Gasteiger partial charge < -0.3 is 15.6 Å². The molecule has 13 heavy (non-hydrogen) atoms. The molecule has 0 heterocycles. The lowest BCUT2D eigenvalue weighted by molar-refractivity contribution is -0.142. The summed E-state index contributed by atoms with van der Waals surface area (Å²) in [5, 5.41) is 9.34. The van der Waals surface area contributed by atoms with Gasteiger partial charge in [0, 0.05) is 5.56 Å². The van der Waals surface area contributed by atoms with Crippen molar-refractivity contribution in [3.05, 3.63) is 29.8 Å². The van der Waals surface area contributed by atoms with Crippen molar-refractivity contribution in [1.82, 2.24) is 0 Å². The first-order valence-corrected chi connectivity index (χ1v) is 3.78. The Hall–Kier alpha value is -1.55. The Morgan fingerprint density at radius 3 is 2.69 bits per heavy atom. The highest BCUT2D eigenvalue weighted by molar-refractivity contribution is 5.78. The molecule has 0 bridgehead atoms. The van der Waals surface area contributed by atoms with Gasteiger partial charge in [0.2, 0.25) is 0 Å². The Labute approximate surface area is 75.9 Å². The summed E-state index contributed by atoms with van der Waals surface area (Å²) in [6.45, 7) is 0. The number of carbonyl (C=O) groups excluding carboxylic acids is 1. The fourth-order valence-corrected chi connectivity index (χ4v) is 1.00. The zero-order chi connectivity index (χ0) is 9.84. The standard InChI is InChI=1S/C9H11NO3/c1-13-9(12)8(10)6-4-2-3-5-7(6)11/h2-5,8,11H,10H2,1H3. The van der Waals surface area contributed by atoms with Crippen molar-refractivity contribution in [3.63, 3.8) is 0 Å². The summed E-state index contributed by atoms with van der Waals surface area (Å²) in [5.74, 6) is -0.568. The molecule has 0 saturated heterocycles. The number of phenolic OH excluding ortho intramolecular Hbond substituents is 1. The van der Waals surface area contributed by atoms with Gasteiger partial charge in [0.25, 0.3) is 0 Å². The number of hydrogen-bond acceptors (Lipinski definition) is 4. The second-order valence-electron chi connectivity index (χ2n) is 2.56. The molecule has 3 N–H and O–H groups in total. The molecule has 0 spiro atoms. The molecule has 0 aromatic heterocycles. The normalized spacial score (nSPS) is 12.2. The predicted octanol–water partition coefficient (Wildman–Crippen LogP) is 0.565. The number of esters is 1. The highest BCUT2D eigenvalue weighted by atomic mass is 16.5. The fraction of sp³-hybridized carbons (Fsp3) is 0.222. The third-order valence-electron chi connectivity index (χ3n) is 1.73. The average Bonchev–Trinajstić information content (AvgIpc) is 2.16. The number of aromatic hydroxyl groups is 1. The second-order valence-corrected chi connectivity index (χ2v) is 2.56. The second kappa shape index (κ2) is 3.91. The van der Waals surface area contributed by atoms with E-state index in [0.29, 0.717) is 5.56 Å². The van der Waals surface area contributed by atoms with E-state index < -0.39 is 12.0 Å². The summed E-state index contributed by atoms with van der Waals surface area (Å²) in [4.78, 5) is 11.0. The van der Waals surface area contributed by atoms with Crippen molar-refractivity contribution >= 4 is 5.97 Å². The maximum absolute atomic E-state index is 11.0. The molecule has 0 aliphatic carbocycles. The number of ether oxygens (including phenoxy) is 1. The third kappa shape index (κ3) is 1.97. The van der Waals surface area contributed by atoms with Crippen LogP contribution in [0.5, 0.6) is 5.75 Å². The Kier molecular flexibility index (Phi) is 2.87. The van der Waals surface area contributed by atoms with Gasteiger partial charge in [-0.25, -0.2) is 0 Å². The van der Waals surface area contributed by atoms with Gasteiger partial charge >= 0.3 is 5.97 Å². The van der Waals surface area contributed by atoms with Crippen LogP contribution < -0.4 is 5.73 Å². The Balaban J connectivity index is 2.95. The Morgan fingerprint density at radius 2 is 2.15 bits per heavy atom. The van der Waals surface area contributed by atoms with Gasteiger partial charge in [-0.2, -0.15) is 0 Å². The number of methoxy groups -OCH3 is 1. The van der Waals surface area contributed by atoms with Crippen molar-refractivity contribution < 1.29 is 14.6 Å². The molecule has 4 heteroatoms. The van der Waals surface area contributed by atoms with E-state index in [-0.39, 0.29) is 5.75 Å². The highest BCUT2D eigenvalue weighted by Gasteiger charge is 2.18. The molecular weight excluding hydrogens is 170 g/mol. The van der Waals surface area contributed by atoms with Crippen LogP contribution in [0.1, 0.15) is 11.6 Å². The average molecular weight is 181 g/mol. The maximum Gasteiger partial charge on any atom is 0.327 e. The summed E-state index contributed by atoms with van der Waals surface area (Å²) in [5.41, 5.74) is 5.89. The molecule has 4 nitrogen and oxygen atoms in total. The number of carbonyl (C=O) groups is 1. The van der Waals surface area contributed by atoms with Crippen molar-refractivity contribution in [3.8, 4) is 5.75 Å². The van der Waals surface area contributed by atoms with Crippen LogP contribution >= 0.6 is 0 Å². The van der Waals surface area contributed by atoms with Crippen LogP contribution in [-0.4, -0.2) is 18.2 Å². The zero-order valence-electron chi connectivity index (χ0n) is 7.23. The smallest absolute Gasteiger partial charge is 0.327 e. The molecule has 1 aromatic rings. The van der Waals surface area contributed by atoms with Gasteiger partial charge in [-0.3, -0.25) is 4.79 Å². The number of rotatable bonds is 2. The van der Waals surface area contributed by atoms with Crippen LogP contribution in [0.25, 0.3) is 0 Å². The van der Waals surface area contributed by atoms with Crippen LogP contribution in [0.15, 0.2) is 24.3 Å². The quantitative estimate of drug-likeness (QED) is 0.654. The van der Waals surface area contributed by atoms with E-state index in [4.69, 9.17) is 5.73 Å². The minimum atomic E-state index is -0.925. The lowest BCUT2D eigenvalue weighted by Crippen LogP contribution is -2.22. The number of benzene rings is 1. The van der Waals surface area contributed by atoms with E-state index in [1.165, 1.54) is 13.2 Å². The van der Waals surface area contributed by atoms with Crippen LogP contribution in [0.3, 0.4) is 0 Å². The first-order chi connectivity index (χ1) is 6.16. The molecule has 0 amide bonds. The molecule has 1 rings (SSSR count). The molecule has 0 fully saturated rings. The summed E-state index contributed by atoms with van der Waals surface area (Å²) in [6, 6.07) is 5.47.